The highest BCUT2D eigenvalue weighted by Crippen LogP contribution is 2.48. The molecule has 0 aromatic carbocycles. The lowest BCUT2D eigenvalue weighted by molar-refractivity contribution is 0.00578. The Labute approximate surface area is 120 Å². The Morgan fingerprint density at radius 3 is 2.15 bits per heavy atom. The van der Waals surface area contributed by atoms with Gasteiger partial charge in [-0.3, -0.25) is 0 Å². The first-order chi connectivity index (χ1) is 9.15. The van der Waals surface area contributed by atoms with Crippen molar-refractivity contribution in [3.63, 3.8) is 0 Å². The lowest BCUT2D eigenvalue weighted by Crippen LogP contribution is -2.41. The van der Waals surface area contributed by atoms with Crippen molar-refractivity contribution >= 4 is 12.6 Å². The molecule has 0 N–H and O–H groups in total. The third-order valence-electron chi connectivity index (χ3n) is 5.04. The van der Waals surface area contributed by atoms with Crippen LogP contribution < -0.4 is 5.46 Å². The molecular weight excluding hydrogens is 256 g/mol. The standard InChI is InChI=1S/C15H21BFNO2/c1-13(2)14(3,4)20-16(19-13)10-8-11(12(17)18-9-10)15(5)6-7-15/h8-9H,6-7H2,1-5H3. The quantitative estimate of drug-likeness (QED) is 0.615. The minimum absolute atomic E-state index is 0.0588. The topological polar surface area (TPSA) is 31.4 Å². The first kappa shape index (κ1) is 14.0. The third kappa shape index (κ3) is 2.08. The van der Waals surface area contributed by atoms with E-state index in [1.165, 1.54) is 6.20 Å². The second-order valence-electron chi connectivity index (χ2n) is 7.26. The summed E-state index contributed by atoms with van der Waals surface area (Å²) in [5.74, 6) is -0.370. The van der Waals surface area contributed by atoms with E-state index in [0.29, 0.717) is 5.56 Å². The van der Waals surface area contributed by atoms with Crippen molar-refractivity contribution < 1.29 is 13.7 Å². The zero-order valence-electron chi connectivity index (χ0n) is 12.8. The predicted octanol–water partition coefficient (Wildman–Crippen LogP) is 2.57. The van der Waals surface area contributed by atoms with E-state index in [9.17, 15) is 4.39 Å². The van der Waals surface area contributed by atoms with Crippen LogP contribution in [0.2, 0.25) is 0 Å². The molecule has 1 aliphatic heterocycles. The zero-order valence-corrected chi connectivity index (χ0v) is 12.8. The van der Waals surface area contributed by atoms with Crippen molar-refractivity contribution in [2.45, 2.75) is 64.1 Å². The van der Waals surface area contributed by atoms with Gasteiger partial charge < -0.3 is 9.31 Å². The van der Waals surface area contributed by atoms with Crippen molar-refractivity contribution in [1.29, 1.82) is 0 Å². The van der Waals surface area contributed by atoms with Crippen LogP contribution in [0.4, 0.5) is 4.39 Å². The summed E-state index contributed by atoms with van der Waals surface area (Å²) in [7, 11) is -0.478. The molecule has 3 nitrogen and oxygen atoms in total. The first-order valence-electron chi connectivity index (χ1n) is 7.16. The van der Waals surface area contributed by atoms with Gasteiger partial charge in [0.25, 0.3) is 0 Å². The van der Waals surface area contributed by atoms with Crippen molar-refractivity contribution in [2.24, 2.45) is 0 Å². The Morgan fingerprint density at radius 1 is 1.10 bits per heavy atom. The maximum absolute atomic E-state index is 13.9. The number of pyridine rings is 1. The molecule has 1 saturated heterocycles. The summed E-state index contributed by atoms with van der Waals surface area (Å²) in [4.78, 5) is 3.90. The molecule has 0 bridgehead atoms. The van der Waals surface area contributed by atoms with Gasteiger partial charge in [-0.05, 0) is 46.0 Å². The molecule has 2 fully saturated rings. The Hall–Kier alpha value is -0.935. The maximum atomic E-state index is 13.9. The molecule has 2 aliphatic rings. The SMILES string of the molecule is CC1(c2cc(B3OC(C)(C)C(C)(C)O3)cnc2F)CC1. The van der Waals surface area contributed by atoms with E-state index in [1.807, 2.05) is 33.8 Å². The Bertz CT molecular complexity index is 539. The Morgan fingerprint density at radius 2 is 1.65 bits per heavy atom. The van der Waals surface area contributed by atoms with Gasteiger partial charge in [0.2, 0.25) is 5.95 Å². The van der Waals surface area contributed by atoms with Gasteiger partial charge in [0.05, 0.1) is 11.2 Å². The molecule has 1 aromatic heterocycles. The van der Waals surface area contributed by atoms with Crippen LogP contribution in [-0.2, 0) is 14.7 Å². The summed E-state index contributed by atoms with van der Waals surface area (Å²) in [6, 6.07) is 1.86. The third-order valence-corrected chi connectivity index (χ3v) is 5.04. The van der Waals surface area contributed by atoms with Crippen molar-refractivity contribution in [3.8, 4) is 0 Å². The van der Waals surface area contributed by atoms with Gasteiger partial charge in [-0.2, -0.15) is 4.39 Å². The van der Waals surface area contributed by atoms with E-state index in [-0.39, 0.29) is 11.4 Å². The van der Waals surface area contributed by atoms with Crippen LogP contribution in [-0.4, -0.2) is 23.3 Å². The Kier molecular flexibility index (Phi) is 2.84. The fraction of sp³-hybridized carbons (Fsp3) is 0.667. The number of nitrogens with zero attached hydrogens (tertiary/aromatic N) is 1. The lowest BCUT2D eigenvalue weighted by Gasteiger charge is -2.32. The number of aromatic nitrogens is 1. The van der Waals surface area contributed by atoms with Gasteiger partial charge in [0, 0.05) is 17.2 Å². The molecule has 5 heteroatoms. The smallest absolute Gasteiger partial charge is 0.399 e. The van der Waals surface area contributed by atoms with Gasteiger partial charge in [-0.25, -0.2) is 4.98 Å². The fourth-order valence-corrected chi connectivity index (χ4v) is 2.45. The van der Waals surface area contributed by atoms with E-state index < -0.39 is 18.3 Å². The minimum Gasteiger partial charge on any atom is -0.399 e. The van der Waals surface area contributed by atoms with Crippen molar-refractivity contribution in [2.75, 3.05) is 0 Å². The van der Waals surface area contributed by atoms with Crippen molar-refractivity contribution in [3.05, 3.63) is 23.8 Å². The Balaban J connectivity index is 1.93. The van der Waals surface area contributed by atoms with Crippen LogP contribution in [0.15, 0.2) is 12.3 Å². The van der Waals surface area contributed by atoms with Gasteiger partial charge in [-0.1, -0.05) is 13.0 Å². The molecule has 1 aliphatic carbocycles. The maximum Gasteiger partial charge on any atom is 0.496 e. The van der Waals surface area contributed by atoms with Crippen LogP contribution in [0, 0.1) is 5.95 Å². The highest BCUT2D eigenvalue weighted by Gasteiger charge is 2.52. The van der Waals surface area contributed by atoms with E-state index in [1.54, 1.807) is 0 Å². The van der Waals surface area contributed by atoms with Gasteiger partial charge in [0.15, 0.2) is 0 Å². The van der Waals surface area contributed by atoms with Crippen LogP contribution in [0.1, 0.15) is 53.0 Å². The van der Waals surface area contributed by atoms with Crippen LogP contribution in [0.3, 0.4) is 0 Å². The molecular formula is C15H21BFNO2. The van der Waals surface area contributed by atoms with E-state index in [2.05, 4.69) is 11.9 Å². The second kappa shape index (κ2) is 4.04. The first-order valence-corrected chi connectivity index (χ1v) is 7.16. The number of hydrogen-bond acceptors (Lipinski definition) is 3. The molecule has 0 radical (unpaired) electrons. The number of hydrogen-bond donors (Lipinski definition) is 0. The summed E-state index contributed by atoms with van der Waals surface area (Å²) in [5.41, 5.74) is 0.639. The molecule has 1 aromatic rings. The zero-order chi connectivity index (χ0) is 14.8. The van der Waals surface area contributed by atoms with Gasteiger partial charge in [-0.15, -0.1) is 0 Å². The largest absolute Gasteiger partial charge is 0.496 e. The van der Waals surface area contributed by atoms with Crippen molar-refractivity contribution in [1.82, 2.24) is 4.98 Å². The van der Waals surface area contributed by atoms with E-state index in [0.717, 1.165) is 18.3 Å². The fourth-order valence-electron chi connectivity index (χ4n) is 2.45. The summed E-state index contributed by atoms with van der Waals surface area (Å²) in [6.45, 7) is 10.1. The van der Waals surface area contributed by atoms with Crippen LogP contribution >= 0.6 is 0 Å². The van der Waals surface area contributed by atoms with E-state index >= 15 is 0 Å². The van der Waals surface area contributed by atoms with Gasteiger partial charge >= 0.3 is 7.12 Å². The summed E-state index contributed by atoms with van der Waals surface area (Å²) < 4.78 is 25.9. The van der Waals surface area contributed by atoms with Crippen LogP contribution in [0.25, 0.3) is 0 Å². The average Bonchev–Trinajstić information content (AvgIpc) is 3.02. The number of halogens is 1. The lowest BCUT2D eigenvalue weighted by atomic mass is 9.78. The number of rotatable bonds is 2. The molecule has 3 rings (SSSR count). The summed E-state index contributed by atoms with van der Waals surface area (Å²) in [5, 5.41) is 0. The monoisotopic (exact) mass is 277 g/mol. The van der Waals surface area contributed by atoms with Gasteiger partial charge in [0.1, 0.15) is 0 Å². The molecule has 0 atom stereocenters. The molecule has 0 amide bonds. The summed E-state index contributed by atoms with van der Waals surface area (Å²) >= 11 is 0. The molecule has 0 unspecified atom stereocenters. The summed E-state index contributed by atoms with van der Waals surface area (Å²) in [6.07, 6.45) is 3.55. The normalized spacial score (nSPS) is 25.8. The molecule has 0 spiro atoms. The average molecular weight is 277 g/mol. The minimum atomic E-state index is -0.478. The predicted molar refractivity (Wildman–Crippen MR) is 76.5 cm³/mol. The molecule has 20 heavy (non-hydrogen) atoms. The second-order valence-corrected chi connectivity index (χ2v) is 7.26. The van der Waals surface area contributed by atoms with E-state index in [4.69, 9.17) is 9.31 Å². The molecule has 2 heterocycles. The highest BCUT2D eigenvalue weighted by molar-refractivity contribution is 6.62. The molecule has 1 saturated carbocycles. The molecule has 108 valence electrons. The van der Waals surface area contributed by atoms with Crippen LogP contribution in [0.5, 0.6) is 0 Å². The highest BCUT2D eigenvalue weighted by atomic mass is 19.1.